The molecular formula is C22H21N5O. The largest absolute Gasteiger partial charge is 0.309 e. The Balaban J connectivity index is 1.66. The first-order chi connectivity index (χ1) is 13.5. The number of nitrogens with one attached hydrogen (secondary N) is 1. The van der Waals surface area contributed by atoms with Crippen LogP contribution in [-0.2, 0) is 11.3 Å². The summed E-state index contributed by atoms with van der Waals surface area (Å²) in [5.41, 5.74) is 5.96. The fraction of sp³-hybridized carbons (Fsp3) is 0.182. The predicted molar refractivity (Wildman–Crippen MR) is 110 cm³/mol. The van der Waals surface area contributed by atoms with Gasteiger partial charge in [-0.2, -0.15) is 5.10 Å². The second-order valence-electron chi connectivity index (χ2n) is 6.93. The average molecular weight is 371 g/mol. The lowest BCUT2D eigenvalue weighted by molar-refractivity contribution is -0.116. The Labute approximate surface area is 163 Å². The van der Waals surface area contributed by atoms with E-state index in [2.05, 4.69) is 51.6 Å². The van der Waals surface area contributed by atoms with Crippen molar-refractivity contribution < 1.29 is 4.79 Å². The van der Waals surface area contributed by atoms with Crippen molar-refractivity contribution in [2.24, 2.45) is 0 Å². The normalized spacial score (nSPS) is 11.0. The van der Waals surface area contributed by atoms with Crippen molar-refractivity contribution in [1.82, 2.24) is 19.7 Å². The van der Waals surface area contributed by atoms with E-state index < -0.39 is 0 Å². The molecule has 6 heteroatoms. The number of fused-ring (bicyclic) bond motifs is 1. The second-order valence-corrected chi connectivity index (χ2v) is 6.93. The van der Waals surface area contributed by atoms with E-state index in [0.29, 0.717) is 11.5 Å². The topological polar surface area (TPSA) is 72.7 Å². The molecule has 0 aliphatic carbocycles. The number of amides is 1. The third kappa shape index (κ3) is 3.49. The number of aromatic nitrogens is 4. The van der Waals surface area contributed by atoms with Gasteiger partial charge in [0, 0.05) is 17.8 Å². The Morgan fingerprint density at radius 3 is 2.46 bits per heavy atom. The monoisotopic (exact) mass is 371 g/mol. The van der Waals surface area contributed by atoms with Gasteiger partial charge < -0.3 is 5.32 Å². The highest BCUT2D eigenvalue weighted by molar-refractivity contribution is 5.96. The van der Waals surface area contributed by atoms with Crippen LogP contribution in [0, 0.1) is 20.8 Å². The number of hydrogen-bond acceptors (Lipinski definition) is 4. The first-order valence-corrected chi connectivity index (χ1v) is 9.13. The minimum Gasteiger partial charge on any atom is -0.309 e. The van der Waals surface area contributed by atoms with E-state index in [0.717, 1.165) is 27.8 Å². The van der Waals surface area contributed by atoms with Gasteiger partial charge in [0.2, 0.25) is 5.91 Å². The number of carbonyl (C=O) groups excluding carboxylic acids is 1. The molecule has 0 atom stereocenters. The van der Waals surface area contributed by atoms with Crippen LogP contribution in [0.15, 0.2) is 54.9 Å². The highest BCUT2D eigenvalue weighted by atomic mass is 16.2. The molecule has 28 heavy (non-hydrogen) atoms. The minimum atomic E-state index is -0.190. The fourth-order valence-electron chi connectivity index (χ4n) is 3.29. The van der Waals surface area contributed by atoms with E-state index in [9.17, 15) is 4.79 Å². The number of pyridine rings is 2. The van der Waals surface area contributed by atoms with Crippen molar-refractivity contribution in [2.45, 2.75) is 27.3 Å². The molecule has 3 aromatic heterocycles. The van der Waals surface area contributed by atoms with Crippen molar-refractivity contribution in [3.05, 3.63) is 71.7 Å². The summed E-state index contributed by atoms with van der Waals surface area (Å²) >= 11 is 0. The Bertz CT molecular complexity index is 1160. The molecule has 4 aromatic rings. The summed E-state index contributed by atoms with van der Waals surface area (Å²) < 4.78 is 1.65. The molecule has 0 saturated carbocycles. The molecule has 3 heterocycles. The van der Waals surface area contributed by atoms with Crippen molar-refractivity contribution in [2.75, 3.05) is 5.32 Å². The average Bonchev–Trinajstić information content (AvgIpc) is 2.98. The smallest absolute Gasteiger partial charge is 0.247 e. The fourth-order valence-corrected chi connectivity index (χ4v) is 3.29. The number of aryl methyl sites for hydroxylation is 3. The van der Waals surface area contributed by atoms with E-state index in [1.807, 2.05) is 32.0 Å². The molecule has 6 nitrogen and oxygen atoms in total. The summed E-state index contributed by atoms with van der Waals surface area (Å²) in [7, 11) is 0. The van der Waals surface area contributed by atoms with Gasteiger partial charge in [-0.25, -0.2) is 14.6 Å². The molecule has 0 aliphatic rings. The van der Waals surface area contributed by atoms with Crippen LogP contribution in [0.2, 0.25) is 0 Å². The molecule has 140 valence electrons. The molecule has 0 spiro atoms. The maximum Gasteiger partial charge on any atom is 0.247 e. The van der Waals surface area contributed by atoms with Crippen LogP contribution in [0.1, 0.15) is 16.8 Å². The first kappa shape index (κ1) is 17.9. The van der Waals surface area contributed by atoms with E-state index >= 15 is 0 Å². The van der Waals surface area contributed by atoms with E-state index in [-0.39, 0.29) is 12.5 Å². The lowest BCUT2D eigenvalue weighted by atomic mass is 10.0. The van der Waals surface area contributed by atoms with Gasteiger partial charge in [-0.05, 0) is 55.7 Å². The molecule has 0 unspecified atom stereocenters. The molecule has 0 bridgehead atoms. The summed E-state index contributed by atoms with van der Waals surface area (Å²) in [6.07, 6.45) is 3.43. The summed E-state index contributed by atoms with van der Waals surface area (Å²) in [5.74, 6) is 0.344. The summed E-state index contributed by atoms with van der Waals surface area (Å²) in [6.45, 7) is 6.04. The zero-order chi connectivity index (χ0) is 19.7. The van der Waals surface area contributed by atoms with Gasteiger partial charge in [0.15, 0.2) is 5.65 Å². The van der Waals surface area contributed by atoms with E-state index in [1.165, 1.54) is 5.56 Å². The minimum absolute atomic E-state index is 0.0737. The summed E-state index contributed by atoms with van der Waals surface area (Å²) in [4.78, 5) is 21.2. The van der Waals surface area contributed by atoms with Crippen molar-refractivity contribution in [1.29, 1.82) is 0 Å². The van der Waals surface area contributed by atoms with Crippen LogP contribution >= 0.6 is 0 Å². The Kier molecular flexibility index (Phi) is 4.61. The van der Waals surface area contributed by atoms with Gasteiger partial charge in [0.05, 0.1) is 5.69 Å². The van der Waals surface area contributed by atoms with Gasteiger partial charge >= 0.3 is 0 Å². The molecular weight excluding hydrogens is 350 g/mol. The summed E-state index contributed by atoms with van der Waals surface area (Å²) in [6, 6.07) is 14.1. The third-order valence-corrected chi connectivity index (χ3v) is 4.65. The van der Waals surface area contributed by atoms with Gasteiger partial charge in [-0.1, -0.05) is 29.8 Å². The van der Waals surface area contributed by atoms with E-state index in [1.54, 1.807) is 17.1 Å². The van der Waals surface area contributed by atoms with Gasteiger partial charge in [0.1, 0.15) is 12.4 Å². The molecule has 1 N–H and O–H groups in total. The predicted octanol–water partition coefficient (Wildman–Crippen LogP) is 4.06. The summed E-state index contributed by atoms with van der Waals surface area (Å²) in [5, 5.41) is 8.35. The van der Waals surface area contributed by atoms with Crippen LogP contribution < -0.4 is 5.32 Å². The number of hydrogen-bond donors (Lipinski definition) is 1. The first-order valence-electron chi connectivity index (χ1n) is 9.13. The van der Waals surface area contributed by atoms with Crippen LogP contribution in [0.5, 0.6) is 0 Å². The van der Waals surface area contributed by atoms with Crippen LogP contribution in [-0.4, -0.2) is 25.7 Å². The lowest BCUT2D eigenvalue weighted by Crippen LogP contribution is -2.20. The van der Waals surface area contributed by atoms with Crippen LogP contribution in [0.25, 0.3) is 22.2 Å². The quantitative estimate of drug-likeness (QED) is 0.587. The Hall–Kier alpha value is -3.54. The number of anilines is 1. The van der Waals surface area contributed by atoms with Gasteiger partial charge in [-0.3, -0.25) is 4.79 Å². The molecule has 0 aliphatic heterocycles. The Morgan fingerprint density at radius 2 is 1.71 bits per heavy atom. The molecule has 4 rings (SSSR count). The SMILES string of the molecule is Cc1ccc(-c2ccnc3c2c(C)nn3CC(=O)Nc2cc(C)ccn2)cc1. The Morgan fingerprint density at radius 1 is 0.964 bits per heavy atom. The number of nitrogens with zero attached hydrogens (tertiary/aromatic N) is 4. The highest BCUT2D eigenvalue weighted by Gasteiger charge is 2.16. The van der Waals surface area contributed by atoms with Crippen molar-refractivity contribution in [3.8, 4) is 11.1 Å². The zero-order valence-electron chi connectivity index (χ0n) is 16.1. The van der Waals surface area contributed by atoms with Crippen LogP contribution in [0.4, 0.5) is 5.82 Å². The number of rotatable bonds is 4. The van der Waals surface area contributed by atoms with Crippen molar-refractivity contribution >= 4 is 22.8 Å². The van der Waals surface area contributed by atoms with Gasteiger partial charge in [0.25, 0.3) is 0 Å². The van der Waals surface area contributed by atoms with Gasteiger partial charge in [-0.15, -0.1) is 0 Å². The van der Waals surface area contributed by atoms with Crippen molar-refractivity contribution in [3.63, 3.8) is 0 Å². The lowest BCUT2D eigenvalue weighted by Gasteiger charge is -2.07. The maximum absolute atomic E-state index is 12.5. The number of carbonyl (C=O) groups is 1. The highest BCUT2D eigenvalue weighted by Crippen LogP contribution is 2.30. The molecule has 0 saturated heterocycles. The molecule has 1 aromatic carbocycles. The zero-order valence-corrected chi connectivity index (χ0v) is 16.1. The maximum atomic E-state index is 12.5. The number of benzene rings is 1. The van der Waals surface area contributed by atoms with E-state index in [4.69, 9.17) is 0 Å². The van der Waals surface area contributed by atoms with Crippen LogP contribution in [0.3, 0.4) is 0 Å². The molecule has 1 amide bonds. The third-order valence-electron chi connectivity index (χ3n) is 4.65. The standard InChI is InChI=1S/C22H21N5O/c1-14-4-6-17(7-5-14)18-9-11-24-22-21(18)16(3)26-27(22)13-20(28)25-19-12-15(2)8-10-23-19/h4-12H,13H2,1-3H3,(H,23,25,28). The molecule has 0 fully saturated rings. The molecule has 0 radical (unpaired) electrons. The second kappa shape index (κ2) is 7.23.